The molecule has 2 atom stereocenters. The van der Waals surface area contributed by atoms with Crippen molar-refractivity contribution in [3.8, 4) is 0 Å². The van der Waals surface area contributed by atoms with Crippen molar-refractivity contribution in [1.82, 2.24) is 15.1 Å². The summed E-state index contributed by atoms with van der Waals surface area (Å²) in [5.74, 6) is 0.829. The number of carbonyl (C=O) groups excluding carboxylic acids is 1. The van der Waals surface area contributed by atoms with Gasteiger partial charge in [0.05, 0.1) is 0 Å². The predicted octanol–water partition coefficient (Wildman–Crippen LogP) is 3.17. The van der Waals surface area contributed by atoms with Crippen molar-refractivity contribution in [2.45, 2.75) is 77.8 Å². The van der Waals surface area contributed by atoms with Crippen molar-refractivity contribution in [3.05, 3.63) is 0 Å². The van der Waals surface area contributed by atoms with Gasteiger partial charge in [-0.3, -0.25) is 4.79 Å². The number of hydrogen-bond donors (Lipinski definition) is 2. The molecule has 0 saturated carbocycles. The molecule has 0 radical (unpaired) electrons. The summed E-state index contributed by atoms with van der Waals surface area (Å²) in [5.41, 5.74) is 0. The lowest BCUT2D eigenvalue weighted by atomic mass is 9.92. The first-order valence-electron chi connectivity index (χ1n) is 10.4. The van der Waals surface area contributed by atoms with E-state index in [2.05, 4.69) is 31.0 Å². The lowest BCUT2D eigenvalue weighted by molar-refractivity contribution is -0.126. The minimum Gasteiger partial charge on any atom is -0.465 e. The van der Waals surface area contributed by atoms with Gasteiger partial charge in [0.2, 0.25) is 5.91 Å². The fraction of sp³-hybridized carbons (Fsp3) is 0.900. The maximum Gasteiger partial charge on any atom is 0.407 e. The third-order valence-corrected chi connectivity index (χ3v) is 5.89. The first-order chi connectivity index (χ1) is 12.4. The molecule has 2 aliphatic heterocycles. The Morgan fingerprint density at radius 2 is 1.85 bits per heavy atom. The van der Waals surface area contributed by atoms with Gasteiger partial charge in [-0.25, -0.2) is 4.79 Å². The number of hydrogen-bond acceptors (Lipinski definition) is 3. The molecule has 26 heavy (non-hydrogen) atoms. The Balaban J connectivity index is 1.87. The molecule has 2 saturated heterocycles. The van der Waals surface area contributed by atoms with E-state index in [1.54, 1.807) is 4.90 Å². The highest BCUT2D eigenvalue weighted by atomic mass is 16.4. The molecule has 6 heteroatoms. The van der Waals surface area contributed by atoms with E-state index in [0.717, 1.165) is 64.6 Å². The van der Waals surface area contributed by atoms with Crippen LogP contribution in [0.5, 0.6) is 0 Å². The number of piperidine rings is 1. The highest BCUT2D eigenvalue weighted by Gasteiger charge is 2.34. The zero-order valence-corrected chi connectivity index (χ0v) is 16.7. The number of rotatable bonds is 6. The second kappa shape index (κ2) is 10.1. The molecule has 2 N–H and O–H groups in total. The number of likely N-dealkylation sites (tertiary alicyclic amines) is 2. The smallest absolute Gasteiger partial charge is 0.407 e. The van der Waals surface area contributed by atoms with Crippen molar-refractivity contribution in [1.29, 1.82) is 0 Å². The average molecular weight is 368 g/mol. The first kappa shape index (κ1) is 21.0. The van der Waals surface area contributed by atoms with Gasteiger partial charge in [-0.1, -0.05) is 27.2 Å². The van der Waals surface area contributed by atoms with Crippen molar-refractivity contribution in [2.75, 3.05) is 26.2 Å². The van der Waals surface area contributed by atoms with Gasteiger partial charge < -0.3 is 20.2 Å². The SMILES string of the molecule is CCCC1CC(N2CCC(C(=O)NCC(C)C)CC2)CCCN1C(=O)O. The lowest BCUT2D eigenvalue weighted by Gasteiger charge is -2.38. The van der Waals surface area contributed by atoms with Gasteiger partial charge in [0.1, 0.15) is 0 Å². The van der Waals surface area contributed by atoms with Gasteiger partial charge in [-0.15, -0.1) is 0 Å². The molecule has 2 amide bonds. The van der Waals surface area contributed by atoms with Crippen molar-refractivity contribution in [2.24, 2.45) is 11.8 Å². The quantitative estimate of drug-likeness (QED) is 0.756. The fourth-order valence-corrected chi connectivity index (χ4v) is 4.41. The first-order valence-corrected chi connectivity index (χ1v) is 10.4. The summed E-state index contributed by atoms with van der Waals surface area (Å²) in [6, 6.07) is 0.590. The summed E-state index contributed by atoms with van der Waals surface area (Å²) < 4.78 is 0. The molecule has 2 unspecified atom stereocenters. The van der Waals surface area contributed by atoms with Crippen LogP contribution in [-0.2, 0) is 4.79 Å². The molecule has 2 fully saturated rings. The zero-order chi connectivity index (χ0) is 19.1. The van der Waals surface area contributed by atoms with Crippen molar-refractivity contribution < 1.29 is 14.7 Å². The molecule has 6 nitrogen and oxygen atoms in total. The molecule has 0 aromatic carbocycles. The van der Waals surface area contributed by atoms with Crippen LogP contribution in [0.2, 0.25) is 0 Å². The Labute approximate surface area is 158 Å². The van der Waals surface area contributed by atoms with Crippen molar-refractivity contribution in [3.63, 3.8) is 0 Å². The summed E-state index contributed by atoms with van der Waals surface area (Å²) in [6.45, 7) is 9.67. The normalized spacial score (nSPS) is 25.9. The Morgan fingerprint density at radius 3 is 2.42 bits per heavy atom. The maximum absolute atomic E-state index is 12.3. The summed E-state index contributed by atoms with van der Waals surface area (Å²) in [4.78, 5) is 28.0. The van der Waals surface area contributed by atoms with E-state index in [4.69, 9.17) is 0 Å². The van der Waals surface area contributed by atoms with Gasteiger partial charge in [0, 0.05) is 31.1 Å². The third kappa shape index (κ3) is 5.86. The van der Waals surface area contributed by atoms with Gasteiger partial charge in [-0.05, 0) is 57.5 Å². The number of amides is 2. The molecule has 2 rings (SSSR count). The second-order valence-corrected chi connectivity index (χ2v) is 8.40. The largest absolute Gasteiger partial charge is 0.465 e. The topological polar surface area (TPSA) is 72.9 Å². The molecule has 0 aliphatic carbocycles. The Kier molecular flexibility index (Phi) is 8.19. The highest BCUT2D eigenvalue weighted by Crippen LogP contribution is 2.28. The van der Waals surface area contributed by atoms with E-state index in [0.29, 0.717) is 18.5 Å². The molecule has 0 aromatic rings. The van der Waals surface area contributed by atoms with E-state index in [-0.39, 0.29) is 17.9 Å². The number of carboxylic acid groups (broad SMARTS) is 1. The molecule has 2 heterocycles. The minimum atomic E-state index is -0.773. The van der Waals surface area contributed by atoms with Crippen LogP contribution in [0.4, 0.5) is 4.79 Å². The summed E-state index contributed by atoms with van der Waals surface area (Å²) in [5, 5.41) is 12.6. The number of carbonyl (C=O) groups is 2. The van der Waals surface area contributed by atoms with Crippen LogP contribution in [-0.4, -0.2) is 65.2 Å². The van der Waals surface area contributed by atoms with E-state index >= 15 is 0 Å². The molecule has 2 aliphatic rings. The molecular formula is C20H37N3O3. The summed E-state index contributed by atoms with van der Waals surface area (Å²) >= 11 is 0. The Bertz CT molecular complexity index is 461. The van der Waals surface area contributed by atoms with Gasteiger partial charge in [0.25, 0.3) is 0 Å². The number of nitrogens with zero attached hydrogens (tertiary/aromatic N) is 2. The number of nitrogens with one attached hydrogen (secondary N) is 1. The zero-order valence-electron chi connectivity index (χ0n) is 16.7. The van der Waals surface area contributed by atoms with Crippen LogP contribution < -0.4 is 5.32 Å². The van der Waals surface area contributed by atoms with Gasteiger partial charge >= 0.3 is 6.09 Å². The monoisotopic (exact) mass is 367 g/mol. The molecule has 0 bridgehead atoms. The van der Waals surface area contributed by atoms with Crippen LogP contribution in [0.25, 0.3) is 0 Å². The van der Waals surface area contributed by atoms with E-state index in [9.17, 15) is 14.7 Å². The summed E-state index contributed by atoms with van der Waals surface area (Å²) in [6.07, 6.45) is 5.95. The third-order valence-electron chi connectivity index (χ3n) is 5.89. The lowest BCUT2D eigenvalue weighted by Crippen LogP contribution is -2.47. The van der Waals surface area contributed by atoms with Gasteiger partial charge in [0.15, 0.2) is 0 Å². The van der Waals surface area contributed by atoms with Crippen molar-refractivity contribution >= 4 is 12.0 Å². The van der Waals surface area contributed by atoms with Crippen LogP contribution in [0, 0.1) is 11.8 Å². The summed E-state index contributed by atoms with van der Waals surface area (Å²) in [7, 11) is 0. The van der Waals surface area contributed by atoms with Crippen LogP contribution in [0.3, 0.4) is 0 Å². The highest BCUT2D eigenvalue weighted by molar-refractivity contribution is 5.78. The van der Waals surface area contributed by atoms with Crippen LogP contribution in [0.15, 0.2) is 0 Å². The van der Waals surface area contributed by atoms with Crippen LogP contribution >= 0.6 is 0 Å². The van der Waals surface area contributed by atoms with E-state index in [1.165, 1.54) is 0 Å². The molecule has 150 valence electrons. The average Bonchev–Trinajstić information content (AvgIpc) is 2.83. The predicted molar refractivity (Wildman–Crippen MR) is 103 cm³/mol. The van der Waals surface area contributed by atoms with Gasteiger partial charge in [-0.2, -0.15) is 0 Å². The Morgan fingerprint density at radius 1 is 1.15 bits per heavy atom. The van der Waals surface area contributed by atoms with Crippen LogP contribution in [0.1, 0.15) is 65.7 Å². The fourth-order valence-electron chi connectivity index (χ4n) is 4.41. The maximum atomic E-state index is 12.3. The van der Waals surface area contributed by atoms with E-state index < -0.39 is 6.09 Å². The molecular weight excluding hydrogens is 330 g/mol. The van der Waals surface area contributed by atoms with E-state index in [1.807, 2.05) is 0 Å². The standard InChI is InChI=1S/C20H37N3O3/c1-4-6-18-13-17(7-5-10-23(18)20(25)26)22-11-8-16(9-12-22)19(24)21-14-15(2)3/h15-18H,4-14H2,1-3H3,(H,21,24)(H,25,26). The second-order valence-electron chi connectivity index (χ2n) is 8.40. The molecule has 0 aromatic heterocycles. The molecule has 0 spiro atoms. The Hall–Kier alpha value is -1.30. The minimum absolute atomic E-state index is 0.136.